The zero-order chi connectivity index (χ0) is 7.98. The minimum Gasteiger partial charge on any atom is -0.330 e. The number of likely N-dealkylation sites (N-methyl/N-ethyl adjacent to an activating group) is 1. The number of carbonyl (C=O) groups excluding carboxylic acids is 1. The molecule has 0 aliphatic heterocycles. The van der Waals surface area contributed by atoms with Crippen molar-refractivity contribution in [2.45, 2.75) is 25.8 Å². The topological polar surface area (TPSA) is 55.1 Å². The Morgan fingerprint density at radius 2 is 2.30 bits per heavy atom. The molecule has 3 heteroatoms. The number of hydrogen-bond donors (Lipinski definition) is 2. The van der Waals surface area contributed by atoms with Crippen LogP contribution in [0.5, 0.6) is 0 Å². The van der Waals surface area contributed by atoms with Gasteiger partial charge in [-0.25, -0.2) is 0 Å². The summed E-state index contributed by atoms with van der Waals surface area (Å²) in [5.74, 6) is 0.191. The highest BCUT2D eigenvalue weighted by Crippen LogP contribution is 1.95. The molecule has 0 saturated carbocycles. The van der Waals surface area contributed by atoms with E-state index in [1.165, 1.54) is 0 Å². The van der Waals surface area contributed by atoms with E-state index in [1.54, 1.807) is 14.0 Å². The van der Waals surface area contributed by atoms with E-state index >= 15 is 0 Å². The maximum Gasteiger partial charge on any atom is 0.146 e. The van der Waals surface area contributed by atoms with Crippen LogP contribution in [0.15, 0.2) is 0 Å². The molecular weight excluding hydrogens is 128 g/mol. The molecule has 3 N–H and O–H groups in total. The predicted octanol–water partition coefficient (Wildman–Crippen LogP) is -0.0977. The molecule has 0 radical (unpaired) electrons. The Labute approximate surface area is 62.0 Å². The van der Waals surface area contributed by atoms with Crippen LogP contribution in [-0.4, -0.2) is 25.4 Å². The molecule has 0 aliphatic carbocycles. The van der Waals surface area contributed by atoms with Gasteiger partial charge >= 0.3 is 0 Å². The Hall–Kier alpha value is -0.410. The second-order valence-corrected chi connectivity index (χ2v) is 2.38. The molecule has 0 saturated heterocycles. The molecular formula is C7H16N2O. The summed E-state index contributed by atoms with van der Waals surface area (Å²) in [7, 11) is 1.79. The lowest BCUT2D eigenvalue weighted by molar-refractivity contribution is -0.119. The van der Waals surface area contributed by atoms with Gasteiger partial charge in [0.2, 0.25) is 0 Å². The summed E-state index contributed by atoms with van der Waals surface area (Å²) in [5.41, 5.74) is 5.29. The number of nitrogens with one attached hydrogen (secondary N) is 1. The molecule has 0 aromatic carbocycles. The third kappa shape index (κ3) is 3.58. The minimum atomic E-state index is 0.00329. The second kappa shape index (κ2) is 5.38. The fourth-order valence-electron chi connectivity index (χ4n) is 0.873. The van der Waals surface area contributed by atoms with Crippen molar-refractivity contribution >= 4 is 5.78 Å². The van der Waals surface area contributed by atoms with Crippen LogP contribution in [0.4, 0.5) is 0 Å². The fraction of sp³-hybridized carbons (Fsp3) is 0.857. The van der Waals surface area contributed by atoms with Crippen LogP contribution in [0.1, 0.15) is 19.8 Å². The average molecular weight is 144 g/mol. The molecule has 10 heavy (non-hydrogen) atoms. The van der Waals surface area contributed by atoms with Crippen molar-refractivity contribution in [3.05, 3.63) is 0 Å². The van der Waals surface area contributed by atoms with Crippen molar-refractivity contribution in [1.29, 1.82) is 0 Å². The monoisotopic (exact) mass is 144 g/mol. The maximum atomic E-state index is 10.8. The van der Waals surface area contributed by atoms with Crippen LogP contribution >= 0.6 is 0 Å². The lowest BCUT2D eigenvalue weighted by Gasteiger charge is -2.10. The van der Waals surface area contributed by atoms with Crippen molar-refractivity contribution < 1.29 is 4.79 Å². The van der Waals surface area contributed by atoms with E-state index in [0.717, 1.165) is 12.8 Å². The quantitative estimate of drug-likeness (QED) is 0.566. The number of Topliss-reactive ketones (excluding diaryl/α,β-unsaturated/α-hetero) is 1. The average Bonchev–Trinajstić information content (AvgIpc) is 1.89. The highest BCUT2D eigenvalue weighted by molar-refractivity contribution is 5.81. The van der Waals surface area contributed by atoms with E-state index < -0.39 is 0 Å². The summed E-state index contributed by atoms with van der Waals surface area (Å²) in [5, 5.41) is 2.93. The first kappa shape index (κ1) is 9.59. The second-order valence-electron chi connectivity index (χ2n) is 2.38. The smallest absolute Gasteiger partial charge is 0.146 e. The molecule has 0 aliphatic rings. The van der Waals surface area contributed by atoms with Crippen LogP contribution in [0.25, 0.3) is 0 Å². The lowest BCUT2D eigenvalue weighted by Crippen LogP contribution is -2.32. The van der Waals surface area contributed by atoms with Crippen molar-refractivity contribution in [1.82, 2.24) is 5.32 Å². The fourth-order valence-corrected chi connectivity index (χ4v) is 0.873. The van der Waals surface area contributed by atoms with Crippen LogP contribution < -0.4 is 11.1 Å². The SMILES string of the molecule is CN[C@@H](CCCN)C(C)=O. The summed E-state index contributed by atoms with van der Waals surface area (Å²) in [6.45, 7) is 2.25. The molecule has 0 amide bonds. The number of hydrogen-bond acceptors (Lipinski definition) is 3. The zero-order valence-electron chi connectivity index (χ0n) is 6.68. The van der Waals surface area contributed by atoms with E-state index in [1.807, 2.05) is 0 Å². The van der Waals surface area contributed by atoms with Crippen LogP contribution in [0, 0.1) is 0 Å². The number of nitrogens with two attached hydrogens (primary N) is 1. The number of carbonyl (C=O) groups is 1. The van der Waals surface area contributed by atoms with Gasteiger partial charge in [0.1, 0.15) is 5.78 Å². The van der Waals surface area contributed by atoms with Crippen molar-refractivity contribution in [2.75, 3.05) is 13.6 Å². The third-order valence-electron chi connectivity index (χ3n) is 1.54. The summed E-state index contributed by atoms with van der Waals surface area (Å²) in [6.07, 6.45) is 1.76. The van der Waals surface area contributed by atoms with Gasteiger partial charge in [0.15, 0.2) is 0 Å². The first-order valence-corrected chi connectivity index (χ1v) is 3.60. The van der Waals surface area contributed by atoms with E-state index in [-0.39, 0.29) is 11.8 Å². The molecule has 0 rings (SSSR count). The van der Waals surface area contributed by atoms with Crippen molar-refractivity contribution in [3.8, 4) is 0 Å². The van der Waals surface area contributed by atoms with E-state index in [9.17, 15) is 4.79 Å². The van der Waals surface area contributed by atoms with Gasteiger partial charge in [-0.05, 0) is 33.4 Å². The number of ketones is 1. The highest BCUT2D eigenvalue weighted by atomic mass is 16.1. The van der Waals surface area contributed by atoms with Crippen molar-refractivity contribution in [2.24, 2.45) is 5.73 Å². The van der Waals surface area contributed by atoms with Crippen molar-refractivity contribution in [3.63, 3.8) is 0 Å². The van der Waals surface area contributed by atoms with Gasteiger partial charge in [-0.15, -0.1) is 0 Å². The predicted molar refractivity (Wildman–Crippen MR) is 41.8 cm³/mol. The maximum absolute atomic E-state index is 10.8. The Morgan fingerprint density at radius 1 is 1.70 bits per heavy atom. The Bertz CT molecular complexity index is 104. The first-order chi connectivity index (χ1) is 4.72. The molecule has 1 atom stereocenters. The largest absolute Gasteiger partial charge is 0.330 e. The highest BCUT2D eigenvalue weighted by Gasteiger charge is 2.08. The molecule has 0 bridgehead atoms. The lowest BCUT2D eigenvalue weighted by atomic mass is 10.1. The van der Waals surface area contributed by atoms with Gasteiger partial charge in [0, 0.05) is 0 Å². The first-order valence-electron chi connectivity index (χ1n) is 3.60. The van der Waals surface area contributed by atoms with Gasteiger partial charge in [-0.3, -0.25) is 4.79 Å². The van der Waals surface area contributed by atoms with Gasteiger partial charge in [-0.1, -0.05) is 0 Å². The van der Waals surface area contributed by atoms with Crippen LogP contribution in [-0.2, 0) is 4.79 Å². The number of rotatable bonds is 5. The molecule has 0 unspecified atom stereocenters. The summed E-state index contributed by atoms with van der Waals surface area (Å²) in [6, 6.07) is 0.00329. The van der Waals surface area contributed by atoms with Gasteiger partial charge in [0.25, 0.3) is 0 Å². The normalized spacial score (nSPS) is 13.1. The molecule has 60 valence electrons. The molecule has 0 aromatic heterocycles. The van der Waals surface area contributed by atoms with Gasteiger partial charge < -0.3 is 11.1 Å². The van der Waals surface area contributed by atoms with E-state index in [4.69, 9.17) is 5.73 Å². The third-order valence-corrected chi connectivity index (χ3v) is 1.54. The van der Waals surface area contributed by atoms with Gasteiger partial charge in [-0.2, -0.15) is 0 Å². The van der Waals surface area contributed by atoms with E-state index in [2.05, 4.69) is 5.32 Å². The standard InChI is InChI=1S/C7H16N2O/c1-6(10)7(9-2)4-3-5-8/h7,9H,3-5,8H2,1-2H3/t7-/m0/s1. The van der Waals surface area contributed by atoms with E-state index in [0.29, 0.717) is 6.54 Å². The molecule has 0 fully saturated rings. The molecule has 0 spiro atoms. The molecule has 0 aromatic rings. The zero-order valence-corrected chi connectivity index (χ0v) is 6.68. The van der Waals surface area contributed by atoms with Crippen LogP contribution in [0.2, 0.25) is 0 Å². The molecule has 3 nitrogen and oxygen atoms in total. The summed E-state index contributed by atoms with van der Waals surface area (Å²) >= 11 is 0. The van der Waals surface area contributed by atoms with Gasteiger partial charge in [0.05, 0.1) is 6.04 Å². The minimum absolute atomic E-state index is 0.00329. The Morgan fingerprint density at radius 3 is 2.60 bits per heavy atom. The molecule has 0 heterocycles. The Balaban J connectivity index is 3.50. The summed E-state index contributed by atoms with van der Waals surface area (Å²) < 4.78 is 0. The summed E-state index contributed by atoms with van der Waals surface area (Å²) in [4.78, 5) is 10.8. The Kier molecular flexibility index (Phi) is 5.16. The van der Waals surface area contributed by atoms with Crippen LogP contribution in [0.3, 0.4) is 0 Å².